The van der Waals surface area contributed by atoms with E-state index in [0.717, 1.165) is 19.3 Å². The van der Waals surface area contributed by atoms with Gasteiger partial charge < -0.3 is 4.90 Å². The van der Waals surface area contributed by atoms with Crippen molar-refractivity contribution in [2.75, 3.05) is 13.6 Å². The highest BCUT2D eigenvalue weighted by Gasteiger charge is 2.34. The molecule has 2 heteroatoms. The molecule has 13 heavy (non-hydrogen) atoms. The Morgan fingerprint density at radius 1 is 1.23 bits per heavy atom. The van der Waals surface area contributed by atoms with Crippen LogP contribution < -0.4 is 0 Å². The monoisotopic (exact) mass is 181 g/mol. The summed E-state index contributed by atoms with van der Waals surface area (Å²) in [6.07, 6.45) is 7.00. The summed E-state index contributed by atoms with van der Waals surface area (Å²) >= 11 is 0. The Kier molecular flexibility index (Phi) is 2.68. The third-order valence-corrected chi connectivity index (χ3v) is 3.64. The van der Waals surface area contributed by atoms with Crippen molar-refractivity contribution in [3.05, 3.63) is 0 Å². The average molecular weight is 181 g/mol. The number of ketones is 1. The van der Waals surface area contributed by atoms with Crippen molar-refractivity contribution >= 4 is 5.78 Å². The summed E-state index contributed by atoms with van der Waals surface area (Å²) < 4.78 is 0. The van der Waals surface area contributed by atoms with Gasteiger partial charge in [-0.15, -0.1) is 0 Å². The molecule has 2 nitrogen and oxygen atoms in total. The number of hydrogen-bond donors (Lipinski definition) is 0. The normalized spacial score (nSPS) is 36.8. The van der Waals surface area contributed by atoms with Crippen LogP contribution in [-0.2, 0) is 4.79 Å². The molecule has 0 aromatic carbocycles. The molecule has 74 valence electrons. The Morgan fingerprint density at radius 3 is 2.69 bits per heavy atom. The lowest BCUT2D eigenvalue weighted by atomic mass is 9.89. The molecule has 0 amide bonds. The van der Waals surface area contributed by atoms with Gasteiger partial charge in [0.05, 0.1) is 0 Å². The fourth-order valence-electron chi connectivity index (χ4n) is 2.86. The first-order chi connectivity index (χ1) is 6.29. The maximum Gasteiger partial charge on any atom is 0.137 e. The maximum atomic E-state index is 11.6. The van der Waals surface area contributed by atoms with E-state index in [1.165, 1.54) is 25.8 Å². The predicted molar refractivity (Wildman–Crippen MR) is 52.6 cm³/mol. The second-order valence-electron chi connectivity index (χ2n) is 4.51. The minimum absolute atomic E-state index is 0.380. The van der Waals surface area contributed by atoms with Crippen molar-refractivity contribution in [1.82, 2.24) is 4.90 Å². The van der Waals surface area contributed by atoms with Gasteiger partial charge in [0.1, 0.15) is 5.78 Å². The van der Waals surface area contributed by atoms with E-state index in [4.69, 9.17) is 0 Å². The number of hydrogen-bond acceptors (Lipinski definition) is 2. The molecule has 2 atom stereocenters. The molecule has 0 aromatic heterocycles. The Morgan fingerprint density at radius 2 is 2.08 bits per heavy atom. The lowest BCUT2D eigenvalue weighted by molar-refractivity contribution is -0.122. The number of likely N-dealkylation sites (tertiary alicyclic amines) is 1. The molecule has 1 aliphatic heterocycles. The Balaban J connectivity index is 2.01. The van der Waals surface area contributed by atoms with Crippen LogP contribution >= 0.6 is 0 Å². The van der Waals surface area contributed by atoms with Gasteiger partial charge >= 0.3 is 0 Å². The number of rotatable bonds is 1. The minimum Gasteiger partial charge on any atom is -0.303 e. The molecule has 2 fully saturated rings. The zero-order valence-corrected chi connectivity index (χ0v) is 8.46. The molecule has 0 radical (unpaired) electrons. The molecular formula is C11H19NO. The largest absolute Gasteiger partial charge is 0.303 e. The summed E-state index contributed by atoms with van der Waals surface area (Å²) in [5, 5.41) is 0. The van der Waals surface area contributed by atoms with Crippen LogP contribution in [0.25, 0.3) is 0 Å². The first-order valence-electron chi connectivity index (χ1n) is 5.52. The van der Waals surface area contributed by atoms with E-state index in [2.05, 4.69) is 11.9 Å². The van der Waals surface area contributed by atoms with Crippen molar-refractivity contribution in [3.63, 3.8) is 0 Å². The van der Waals surface area contributed by atoms with Gasteiger partial charge in [0, 0.05) is 18.4 Å². The Hall–Kier alpha value is -0.370. The van der Waals surface area contributed by atoms with E-state index in [1.807, 2.05) is 0 Å². The number of carbonyl (C=O) groups is 1. The highest BCUT2D eigenvalue weighted by molar-refractivity contribution is 5.83. The number of carbonyl (C=O) groups excluding carboxylic acids is 1. The van der Waals surface area contributed by atoms with E-state index < -0.39 is 0 Å². The summed E-state index contributed by atoms with van der Waals surface area (Å²) in [4.78, 5) is 14.0. The van der Waals surface area contributed by atoms with Crippen LogP contribution in [0.4, 0.5) is 0 Å². The maximum absolute atomic E-state index is 11.6. The highest BCUT2D eigenvalue weighted by atomic mass is 16.1. The van der Waals surface area contributed by atoms with Gasteiger partial charge in [-0.25, -0.2) is 0 Å². The lowest BCUT2D eigenvalue weighted by Crippen LogP contribution is -2.42. The molecule has 2 unspecified atom stereocenters. The van der Waals surface area contributed by atoms with Crippen LogP contribution in [0.2, 0.25) is 0 Å². The zero-order chi connectivity index (χ0) is 9.26. The Labute approximate surface area is 80.3 Å². The molecular weight excluding hydrogens is 162 g/mol. The fourth-order valence-corrected chi connectivity index (χ4v) is 2.86. The van der Waals surface area contributed by atoms with Gasteiger partial charge in [0.25, 0.3) is 0 Å². The van der Waals surface area contributed by atoms with Crippen molar-refractivity contribution < 1.29 is 4.79 Å². The molecule has 1 saturated heterocycles. The fraction of sp³-hybridized carbons (Fsp3) is 0.909. The van der Waals surface area contributed by atoms with Gasteiger partial charge in [-0.3, -0.25) is 4.79 Å². The van der Waals surface area contributed by atoms with Gasteiger partial charge in [0.15, 0.2) is 0 Å². The van der Waals surface area contributed by atoms with Gasteiger partial charge in [-0.1, -0.05) is 6.42 Å². The van der Waals surface area contributed by atoms with Gasteiger partial charge in [0.2, 0.25) is 0 Å². The van der Waals surface area contributed by atoms with Crippen LogP contribution in [0.1, 0.15) is 38.5 Å². The van der Waals surface area contributed by atoms with Crippen molar-refractivity contribution in [2.45, 2.75) is 44.6 Å². The van der Waals surface area contributed by atoms with Crippen LogP contribution in [0.5, 0.6) is 0 Å². The van der Waals surface area contributed by atoms with E-state index in [0.29, 0.717) is 17.7 Å². The highest BCUT2D eigenvalue weighted by Crippen LogP contribution is 2.31. The average Bonchev–Trinajstić information content (AvgIpc) is 2.52. The molecule has 0 spiro atoms. The molecule has 0 aromatic rings. The summed E-state index contributed by atoms with van der Waals surface area (Å²) in [7, 11) is 2.18. The topological polar surface area (TPSA) is 20.3 Å². The first-order valence-corrected chi connectivity index (χ1v) is 5.52. The van der Waals surface area contributed by atoms with Crippen LogP contribution in [-0.4, -0.2) is 30.3 Å². The van der Waals surface area contributed by atoms with Crippen LogP contribution in [0, 0.1) is 5.92 Å². The predicted octanol–water partition coefficient (Wildman–Crippen LogP) is 1.84. The Bertz CT molecular complexity index is 202. The summed E-state index contributed by atoms with van der Waals surface area (Å²) in [5.41, 5.74) is 0. The van der Waals surface area contributed by atoms with Gasteiger partial charge in [-0.05, 0) is 39.3 Å². The molecule has 0 bridgehead atoms. The van der Waals surface area contributed by atoms with Crippen LogP contribution in [0.15, 0.2) is 0 Å². The molecule has 2 aliphatic rings. The van der Waals surface area contributed by atoms with Crippen molar-refractivity contribution in [2.24, 2.45) is 5.92 Å². The van der Waals surface area contributed by atoms with Gasteiger partial charge in [-0.2, -0.15) is 0 Å². The van der Waals surface area contributed by atoms with E-state index in [1.54, 1.807) is 0 Å². The van der Waals surface area contributed by atoms with E-state index in [9.17, 15) is 4.79 Å². The zero-order valence-electron chi connectivity index (χ0n) is 8.46. The van der Waals surface area contributed by atoms with Crippen LogP contribution in [0.3, 0.4) is 0 Å². The first kappa shape index (κ1) is 9.20. The summed E-state index contributed by atoms with van der Waals surface area (Å²) in [6, 6.07) is 0.573. The molecule has 1 aliphatic carbocycles. The third kappa shape index (κ3) is 1.78. The molecule has 1 saturated carbocycles. The second-order valence-corrected chi connectivity index (χ2v) is 4.51. The molecule has 2 rings (SSSR count). The number of Topliss-reactive ketones (excluding diaryl/α,β-unsaturated/α-hetero) is 1. The molecule has 1 heterocycles. The lowest BCUT2D eigenvalue weighted by Gasteiger charge is -2.35. The second kappa shape index (κ2) is 3.79. The van der Waals surface area contributed by atoms with E-state index in [-0.39, 0.29) is 0 Å². The third-order valence-electron chi connectivity index (χ3n) is 3.64. The SMILES string of the molecule is CN1CCCCC1C1CCCC1=O. The van der Waals surface area contributed by atoms with Crippen molar-refractivity contribution in [1.29, 1.82) is 0 Å². The quantitative estimate of drug-likeness (QED) is 0.615. The number of nitrogens with zero attached hydrogens (tertiary/aromatic N) is 1. The smallest absolute Gasteiger partial charge is 0.137 e. The standard InChI is InChI=1S/C11H19NO/c1-12-8-3-2-6-10(12)9-5-4-7-11(9)13/h9-10H,2-8H2,1H3. The summed E-state index contributed by atoms with van der Waals surface area (Å²) in [6.45, 7) is 1.19. The minimum atomic E-state index is 0.380. The van der Waals surface area contributed by atoms with E-state index >= 15 is 0 Å². The number of piperidine rings is 1. The summed E-state index contributed by atoms with van der Waals surface area (Å²) in [5.74, 6) is 0.907. The van der Waals surface area contributed by atoms with Crippen molar-refractivity contribution in [3.8, 4) is 0 Å². The molecule has 0 N–H and O–H groups in total.